The van der Waals surface area contributed by atoms with Gasteiger partial charge in [-0.1, -0.05) is 41.9 Å². The van der Waals surface area contributed by atoms with E-state index in [4.69, 9.17) is 30.5 Å². The lowest BCUT2D eigenvalue weighted by Gasteiger charge is -2.14. The first-order valence-electron chi connectivity index (χ1n) is 10.8. The molecule has 0 bridgehead atoms. The summed E-state index contributed by atoms with van der Waals surface area (Å²) in [5.74, 6) is 2.13. The highest BCUT2D eigenvalue weighted by atomic mass is 35.5. The maximum absolute atomic E-state index is 13.0. The molecule has 1 fully saturated rings. The van der Waals surface area contributed by atoms with Crippen LogP contribution in [-0.4, -0.2) is 36.1 Å². The summed E-state index contributed by atoms with van der Waals surface area (Å²) in [5, 5.41) is 0.0406. The maximum atomic E-state index is 13.0. The van der Waals surface area contributed by atoms with Crippen LogP contribution in [0.4, 0.5) is 4.79 Å². The van der Waals surface area contributed by atoms with Crippen LogP contribution in [-0.2, 0) is 11.3 Å². The molecule has 0 aliphatic carbocycles. The van der Waals surface area contributed by atoms with E-state index in [0.717, 1.165) is 23.1 Å². The number of benzene rings is 3. The molecule has 35 heavy (non-hydrogen) atoms. The van der Waals surface area contributed by atoms with Gasteiger partial charge in [0.05, 0.1) is 11.4 Å². The molecule has 7 nitrogen and oxygen atoms in total. The Kier molecular flexibility index (Phi) is 6.83. The smallest absolute Gasteiger partial charge is 0.293 e. The van der Waals surface area contributed by atoms with Crippen molar-refractivity contribution in [3.8, 4) is 23.0 Å². The van der Waals surface area contributed by atoms with Crippen molar-refractivity contribution in [1.82, 2.24) is 4.90 Å². The Morgan fingerprint density at radius 1 is 0.914 bits per heavy atom. The molecule has 3 aromatic rings. The minimum absolute atomic E-state index is 0.0437. The number of fused-ring (bicyclic) bond motifs is 1. The van der Waals surface area contributed by atoms with E-state index >= 15 is 0 Å². The van der Waals surface area contributed by atoms with E-state index in [0.29, 0.717) is 46.0 Å². The molecule has 0 aromatic heterocycles. The number of hydrogen-bond acceptors (Lipinski definition) is 7. The maximum Gasteiger partial charge on any atom is 0.293 e. The molecule has 0 saturated carbocycles. The average Bonchev–Trinajstić information content (AvgIpc) is 3.42. The summed E-state index contributed by atoms with van der Waals surface area (Å²) in [6, 6.07) is 20.1. The molecule has 0 N–H and O–H groups in total. The normalized spacial score (nSPS) is 15.7. The lowest BCUT2D eigenvalue weighted by Crippen LogP contribution is -2.27. The van der Waals surface area contributed by atoms with Gasteiger partial charge in [-0.05, 0) is 59.3 Å². The SMILES string of the molecule is O=C1S/C(=C\c2cccc(OCCOc3ccccc3)c2)C(=O)N1Cc1cc2c(cc1Cl)OCO2. The Labute approximate surface area is 211 Å². The number of hydrogen-bond donors (Lipinski definition) is 0. The zero-order valence-corrected chi connectivity index (χ0v) is 20.0. The molecule has 0 radical (unpaired) electrons. The van der Waals surface area contributed by atoms with Crippen molar-refractivity contribution >= 4 is 40.6 Å². The Morgan fingerprint density at radius 3 is 2.43 bits per heavy atom. The molecule has 2 aliphatic rings. The standard InChI is InChI=1S/C26H20ClNO6S/c27-21-14-23-22(33-16-34-23)13-18(21)15-28-25(29)24(35-26(28)30)12-17-5-4-8-20(11-17)32-10-9-31-19-6-2-1-3-7-19/h1-8,11-14H,9-10,15-16H2/b24-12-. The highest BCUT2D eigenvalue weighted by molar-refractivity contribution is 8.18. The number of thioether (sulfide) groups is 1. The fourth-order valence-corrected chi connectivity index (χ4v) is 4.62. The molecule has 2 aliphatic heterocycles. The van der Waals surface area contributed by atoms with Gasteiger partial charge in [0, 0.05) is 11.1 Å². The third kappa shape index (κ3) is 5.39. The molecular weight excluding hydrogens is 490 g/mol. The van der Waals surface area contributed by atoms with Crippen molar-refractivity contribution in [2.24, 2.45) is 0 Å². The van der Waals surface area contributed by atoms with E-state index in [9.17, 15) is 9.59 Å². The van der Waals surface area contributed by atoms with E-state index in [1.54, 1.807) is 18.2 Å². The first-order chi connectivity index (χ1) is 17.1. The monoisotopic (exact) mass is 509 g/mol. The predicted molar refractivity (Wildman–Crippen MR) is 133 cm³/mol. The van der Waals surface area contributed by atoms with Gasteiger partial charge in [0.1, 0.15) is 24.7 Å². The van der Waals surface area contributed by atoms with Crippen molar-refractivity contribution < 1.29 is 28.5 Å². The molecule has 0 spiro atoms. The van der Waals surface area contributed by atoms with Crippen LogP contribution in [0.3, 0.4) is 0 Å². The largest absolute Gasteiger partial charge is 0.490 e. The van der Waals surface area contributed by atoms with Gasteiger partial charge in [-0.3, -0.25) is 14.5 Å². The number of imide groups is 1. The number of para-hydroxylation sites is 1. The zero-order valence-electron chi connectivity index (χ0n) is 18.4. The van der Waals surface area contributed by atoms with E-state index in [-0.39, 0.29) is 24.5 Å². The Hall–Kier alpha value is -3.62. The minimum Gasteiger partial charge on any atom is -0.490 e. The lowest BCUT2D eigenvalue weighted by atomic mass is 10.1. The number of rotatable bonds is 8. The summed E-state index contributed by atoms with van der Waals surface area (Å²) < 4.78 is 22.1. The van der Waals surface area contributed by atoms with Crippen molar-refractivity contribution in [2.75, 3.05) is 20.0 Å². The van der Waals surface area contributed by atoms with E-state index in [2.05, 4.69) is 0 Å². The number of halogens is 1. The molecule has 0 atom stereocenters. The Balaban J connectivity index is 1.22. The van der Waals surface area contributed by atoms with Crippen molar-refractivity contribution in [3.63, 3.8) is 0 Å². The van der Waals surface area contributed by atoms with Gasteiger partial charge in [0.2, 0.25) is 6.79 Å². The molecule has 0 unspecified atom stereocenters. The molecule has 2 heterocycles. The van der Waals surface area contributed by atoms with Crippen molar-refractivity contribution in [2.45, 2.75) is 6.54 Å². The first kappa shape index (κ1) is 23.1. The quantitative estimate of drug-likeness (QED) is 0.282. The topological polar surface area (TPSA) is 74.3 Å². The van der Waals surface area contributed by atoms with Gasteiger partial charge in [0.15, 0.2) is 11.5 Å². The van der Waals surface area contributed by atoms with E-state index < -0.39 is 0 Å². The summed E-state index contributed by atoms with van der Waals surface area (Å²) in [5.41, 5.74) is 1.35. The van der Waals surface area contributed by atoms with Gasteiger partial charge in [-0.25, -0.2) is 0 Å². The lowest BCUT2D eigenvalue weighted by molar-refractivity contribution is -0.123. The second kappa shape index (κ2) is 10.3. The third-order valence-corrected chi connectivity index (χ3v) is 6.52. The number of carbonyl (C=O) groups excluding carboxylic acids is 2. The van der Waals surface area contributed by atoms with Crippen LogP contribution >= 0.6 is 23.4 Å². The van der Waals surface area contributed by atoms with Crippen LogP contribution in [0.25, 0.3) is 6.08 Å². The summed E-state index contributed by atoms with van der Waals surface area (Å²) >= 11 is 7.21. The summed E-state index contributed by atoms with van der Waals surface area (Å²) in [6.07, 6.45) is 1.68. The number of ether oxygens (including phenoxy) is 4. The van der Waals surface area contributed by atoms with E-state index in [1.807, 2.05) is 54.6 Å². The number of carbonyl (C=O) groups is 2. The van der Waals surface area contributed by atoms with Crippen LogP contribution in [0, 0.1) is 0 Å². The second-order valence-electron chi connectivity index (χ2n) is 7.65. The first-order valence-corrected chi connectivity index (χ1v) is 12.0. The fraction of sp³-hybridized carbons (Fsp3) is 0.154. The molecule has 2 amide bonds. The van der Waals surface area contributed by atoms with Gasteiger partial charge >= 0.3 is 0 Å². The second-order valence-corrected chi connectivity index (χ2v) is 9.05. The molecular formula is C26H20ClNO6S. The molecule has 1 saturated heterocycles. The summed E-state index contributed by atoms with van der Waals surface area (Å²) in [6.45, 7) is 0.922. The Bertz CT molecular complexity index is 1300. The molecule has 9 heteroatoms. The number of nitrogens with zero attached hydrogens (tertiary/aromatic N) is 1. The predicted octanol–water partition coefficient (Wildman–Crippen LogP) is 5.76. The summed E-state index contributed by atoms with van der Waals surface area (Å²) in [4.78, 5) is 27.0. The van der Waals surface area contributed by atoms with Gasteiger partial charge < -0.3 is 18.9 Å². The minimum atomic E-state index is -0.378. The fourth-order valence-electron chi connectivity index (χ4n) is 3.57. The van der Waals surface area contributed by atoms with Crippen LogP contribution in [0.1, 0.15) is 11.1 Å². The highest BCUT2D eigenvalue weighted by Crippen LogP contribution is 2.39. The van der Waals surface area contributed by atoms with Gasteiger partial charge in [-0.15, -0.1) is 0 Å². The van der Waals surface area contributed by atoms with Crippen LogP contribution in [0.2, 0.25) is 5.02 Å². The van der Waals surface area contributed by atoms with Gasteiger partial charge in [-0.2, -0.15) is 0 Å². The highest BCUT2D eigenvalue weighted by Gasteiger charge is 2.35. The zero-order chi connectivity index (χ0) is 24.2. The van der Waals surface area contributed by atoms with Crippen molar-refractivity contribution in [3.05, 3.63) is 87.8 Å². The number of amides is 2. The third-order valence-electron chi connectivity index (χ3n) is 5.26. The average molecular weight is 510 g/mol. The molecule has 5 rings (SSSR count). The van der Waals surface area contributed by atoms with Crippen LogP contribution in [0.15, 0.2) is 71.6 Å². The van der Waals surface area contributed by atoms with Crippen LogP contribution in [0.5, 0.6) is 23.0 Å². The van der Waals surface area contributed by atoms with Gasteiger partial charge in [0.25, 0.3) is 11.1 Å². The summed E-state index contributed by atoms with van der Waals surface area (Å²) in [7, 11) is 0. The molecule has 178 valence electrons. The Morgan fingerprint density at radius 2 is 1.63 bits per heavy atom. The van der Waals surface area contributed by atoms with E-state index in [1.165, 1.54) is 4.90 Å². The van der Waals surface area contributed by atoms with Crippen molar-refractivity contribution in [1.29, 1.82) is 0 Å². The van der Waals surface area contributed by atoms with Crippen LogP contribution < -0.4 is 18.9 Å². The molecule has 3 aromatic carbocycles.